The van der Waals surface area contributed by atoms with Gasteiger partial charge in [-0.1, -0.05) is 19.2 Å². The molecule has 66 valence electrons. The van der Waals surface area contributed by atoms with Gasteiger partial charge in [0.1, 0.15) is 5.78 Å². The van der Waals surface area contributed by atoms with Crippen molar-refractivity contribution in [3.8, 4) is 0 Å². The fourth-order valence-corrected chi connectivity index (χ4v) is 0.757. The van der Waals surface area contributed by atoms with Crippen molar-refractivity contribution >= 4 is 12.8 Å². The van der Waals surface area contributed by atoms with E-state index >= 15 is 0 Å². The van der Waals surface area contributed by atoms with Crippen LogP contribution in [0.5, 0.6) is 0 Å². The molecule has 0 aliphatic carbocycles. The van der Waals surface area contributed by atoms with Gasteiger partial charge in [-0.05, 0) is 13.3 Å². The second-order valence-corrected chi connectivity index (χ2v) is 3.44. The third-order valence-electron chi connectivity index (χ3n) is 1.59. The van der Waals surface area contributed by atoms with Gasteiger partial charge in [0.2, 0.25) is 0 Å². The smallest absolute Gasteiger partial charge is 0.449 e. The molecule has 0 radical (unpaired) electrons. The Labute approximate surface area is 64.0 Å². The second kappa shape index (κ2) is 2.87. The van der Waals surface area contributed by atoms with Crippen LogP contribution < -0.4 is 0 Å². The first-order chi connectivity index (χ1) is 4.67. The zero-order valence-corrected chi connectivity index (χ0v) is 6.83. The average molecular weight is 167 g/mol. The summed E-state index contributed by atoms with van der Waals surface area (Å²) in [5.74, 6) is -0.422. The molecule has 5 heteroatoms. The molecular formula is C6H11BF3O-. The number of carbonyl (C=O) groups is 1. The van der Waals surface area contributed by atoms with Gasteiger partial charge in [-0.25, -0.2) is 0 Å². The maximum Gasteiger partial charge on any atom is 0.484 e. The van der Waals surface area contributed by atoms with Gasteiger partial charge in [0.25, 0.3) is 0 Å². The molecule has 0 N–H and O–H groups in total. The summed E-state index contributed by atoms with van der Waals surface area (Å²) in [6.45, 7) is -1.64. The van der Waals surface area contributed by atoms with Crippen molar-refractivity contribution in [1.29, 1.82) is 0 Å². The number of hydrogen-bond acceptors (Lipinski definition) is 1. The zero-order valence-electron chi connectivity index (χ0n) is 6.83. The first-order valence-electron chi connectivity index (χ1n) is 3.35. The van der Waals surface area contributed by atoms with E-state index in [-0.39, 0.29) is 0 Å². The molecule has 0 spiro atoms. The molecular weight excluding hydrogens is 156 g/mol. The Bertz CT molecular complexity index is 162. The van der Waals surface area contributed by atoms with Crippen LogP contribution in [0.2, 0.25) is 5.31 Å². The molecule has 1 nitrogen and oxygen atoms in total. The number of halogens is 3. The van der Waals surface area contributed by atoms with Crippen molar-refractivity contribution in [2.24, 2.45) is 0 Å². The van der Waals surface area contributed by atoms with Crippen LogP contribution in [0, 0.1) is 0 Å². The van der Waals surface area contributed by atoms with Gasteiger partial charge >= 0.3 is 6.98 Å². The fourth-order valence-electron chi connectivity index (χ4n) is 0.757. The normalized spacial score (nSPS) is 13.3. The van der Waals surface area contributed by atoms with E-state index in [1.807, 2.05) is 0 Å². The number of hydrogen-bond donors (Lipinski definition) is 0. The lowest BCUT2D eigenvalue weighted by atomic mass is 9.58. The maximum atomic E-state index is 12.1. The highest BCUT2D eigenvalue weighted by Crippen LogP contribution is 2.43. The molecule has 0 rings (SSSR count). The number of rotatable bonds is 3. The van der Waals surface area contributed by atoms with Crippen molar-refractivity contribution in [2.75, 3.05) is 0 Å². The first-order valence-corrected chi connectivity index (χ1v) is 3.35. The molecule has 0 bridgehead atoms. The van der Waals surface area contributed by atoms with E-state index in [4.69, 9.17) is 0 Å². The van der Waals surface area contributed by atoms with E-state index in [1.165, 1.54) is 6.92 Å². The molecule has 0 saturated carbocycles. The monoisotopic (exact) mass is 167 g/mol. The van der Waals surface area contributed by atoms with Crippen molar-refractivity contribution in [2.45, 2.75) is 32.5 Å². The van der Waals surface area contributed by atoms with Crippen LogP contribution >= 0.6 is 0 Å². The fraction of sp³-hybridized carbons (Fsp3) is 0.833. The zero-order chi connectivity index (χ0) is 9.28. The van der Waals surface area contributed by atoms with Gasteiger partial charge in [-0.2, -0.15) is 0 Å². The summed E-state index contributed by atoms with van der Waals surface area (Å²) >= 11 is 0. The van der Waals surface area contributed by atoms with Gasteiger partial charge < -0.3 is 17.7 Å². The average Bonchev–Trinajstić information content (AvgIpc) is 1.56. The van der Waals surface area contributed by atoms with Gasteiger partial charge in [-0.3, -0.25) is 0 Å². The topological polar surface area (TPSA) is 17.1 Å². The minimum atomic E-state index is -4.91. The number of carbonyl (C=O) groups excluding carboxylic acids is 1. The molecule has 0 aliphatic rings. The molecule has 0 aliphatic heterocycles. The predicted molar refractivity (Wildman–Crippen MR) is 38.4 cm³/mol. The van der Waals surface area contributed by atoms with E-state index in [0.29, 0.717) is 0 Å². The van der Waals surface area contributed by atoms with E-state index in [0.717, 1.165) is 13.8 Å². The van der Waals surface area contributed by atoms with Gasteiger partial charge in [-0.15, -0.1) is 0 Å². The molecule has 0 saturated heterocycles. The van der Waals surface area contributed by atoms with E-state index in [2.05, 4.69) is 0 Å². The number of Topliss-reactive ketones (excluding diaryl/α,β-unsaturated/α-hetero) is 1. The Kier molecular flexibility index (Phi) is 2.75. The molecule has 0 atom stereocenters. The van der Waals surface area contributed by atoms with Crippen LogP contribution in [0.4, 0.5) is 12.9 Å². The minimum absolute atomic E-state index is 0.420. The summed E-state index contributed by atoms with van der Waals surface area (Å²) in [4.78, 5) is 10.4. The van der Waals surface area contributed by atoms with Crippen LogP contribution in [0.3, 0.4) is 0 Å². The van der Waals surface area contributed by atoms with Crippen LogP contribution in [0.1, 0.15) is 27.2 Å². The highest BCUT2D eigenvalue weighted by molar-refractivity contribution is 6.62. The van der Waals surface area contributed by atoms with E-state index < -0.39 is 24.5 Å². The molecule has 0 aromatic rings. The minimum Gasteiger partial charge on any atom is -0.449 e. The van der Waals surface area contributed by atoms with Crippen LogP contribution in [0.15, 0.2) is 0 Å². The van der Waals surface area contributed by atoms with Crippen molar-refractivity contribution in [1.82, 2.24) is 0 Å². The highest BCUT2D eigenvalue weighted by Gasteiger charge is 2.42. The Morgan fingerprint density at radius 3 is 1.82 bits per heavy atom. The van der Waals surface area contributed by atoms with Gasteiger partial charge in [0.05, 0.1) is 0 Å². The number of ketones is 1. The van der Waals surface area contributed by atoms with E-state index in [9.17, 15) is 17.7 Å². The van der Waals surface area contributed by atoms with Crippen LogP contribution in [0.25, 0.3) is 0 Å². The molecule has 0 aromatic carbocycles. The predicted octanol–water partition coefficient (Wildman–Crippen LogP) is 2.59. The summed E-state index contributed by atoms with van der Waals surface area (Å²) in [6.07, 6.45) is -0.420. The Hall–Kier alpha value is -0.475. The molecule has 0 unspecified atom stereocenters. The largest absolute Gasteiger partial charge is 0.484 e. The summed E-state index contributed by atoms with van der Waals surface area (Å²) < 4.78 is 36.3. The van der Waals surface area contributed by atoms with Crippen molar-refractivity contribution < 1.29 is 17.7 Å². The lowest BCUT2D eigenvalue weighted by Gasteiger charge is -2.33. The highest BCUT2D eigenvalue weighted by atomic mass is 19.4. The quantitative estimate of drug-likeness (QED) is 0.590. The standard InChI is InChI=1S/C6H11BF3O/c1-5(11)4-6(2,3)7(8,9)10/h4H2,1-3H3/q-1. The van der Waals surface area contributed by atoms with Crippen LogP contribution in [-0.2, 0) is 4.79 Å². The van der Waals surface area contributed by atoms with E-state index in [1.54, 1.807) is 0 Å². The Morgan fingerprint density at radius 2 is 1.73 bits per heavy atom. The summed E-state index contributed by atoms with van der Waals surface area (Å²) in [5, 5.41) is -1.83. The summed E-state index contributed by atoms with van der Waals surface area (Å²) in [6, 6.07) is 0. The van der Waals surface area contributed by atoms with Crippen molar-refractivity contribution in [3.05, 3.63) is 0 Å². The van der Waals surface area contributed by atoms with Crippen LogP contribution in [-0.4, -0.2) is 12.8 Å². The summed E-state index contributed by atoms with van der Waals surface area (Å²) in [7, 11) is 0. The molecule has 0 heterocycles. The third kappa shape index (κ3) is 2.95. The molecule has 0 aromatic heterocycles. The lowest BCUT2D eigenvalue weighted by Crippen LogP contribution is -2.33. The third-order valence-corrected chi connectivity index (χ3v) is 1.59. The van der Waals surface area contributed by atoms with Gasteiger partial charge in [0, 0.05) is 0 Å². The van der Waals surface area contributed by atoms with Gasteiger partial charge in [0.15, 0.2) is 0 Å². The molecule has 0 amide bonds. The SMILES string of the molecule is CC(=O)CC(C)(C)[B-](F)(F)F. The molecule has 0 fully saturated rings. The molecule has 11 heavy (non-hydrogen) atoms. The Morgan fingerprint density at radius 1 is 1.36 bits per heavy atom. The summed E-state index contributed by atoms with van der Waals surface area (Å²) in [5.41, 5.74) is 0. The Balaban J connectivity index is 4.34. The lowest BCUT2D eigenvalue weighted by molar-refractivity contribution is -0.117. The first kappa shape index (κ1) is 10.5. The second-order valence-electron chi connectivity index (χ2n) is 3.44. The maximum absolute atomic E-state index is 12.1. The van der Waals surface area contributed by atoms with Crippen molar-refractivity contribution in [3.63, 3.8) is 0 Å².